The number of carboxylic acids is 1. The zero-order valence-corrected chi connectivity index (χ0v) is 15.2. The fourth-order valence-corrected chi connectivity index (χ4v) is 4.51. The molecule has 0 atom stereocenters. The molecule has 0 amide bonds. The first kappa shape index (κ1) is 16.8. The second-order valence-corrected chi connectivity index (χ2v) is 7.41. The van der Waals surface area contributed by atoms with Gasteiger partial charge in [0.05, 0.1) is 21.2 Å². The number of nitrogens with one attached hydrogen (secondary N) is 1. The zero-order chi connectivity index (χ0) is 18.4. The highest BCUT2D eigenvalue weighted by molar-refractivity contribution is 7.23. The van der Waals surface area contributed by atoms with Crippen LogP contribution in [0.15, 0.2) is 48.5 Å². The molecule has 0 fully saturated rings. The van der Waals surface area contributed by atoms with Crippen molar-refractivity contribution in [2.75, 3.05) is 0 Å². The van der Waals surface area contributed by atoms with Gasteiger partial charge in [0.25, 0.3) is 0 Å². The predicted molar refractivity (Wildman–Crippen MR) is 104 cm³/mol. The number of H-pyrrole nitrogens is 1. The maximum atomic E-state index is 13.7. The van der Waals surface area contributed by atoms with E-state index < -0.39 is 5.97 Å². The van der Waals surface area contributed by atoms with Crippen molar-refractivity contribution in [1.29, 1.82) is 0 Å². The van der Waals surface area contributed by atoms with Gasteiger partial charge in [0.1, 0.15) is 5.82 Å². The highest BCUT2D eigenvalue weighted by Gasteiger charge is 2.16. The molecule has 2 aromatic heterocycles. The first-order chi connectivity index (χ1) is 12.4. The number of fused-ring (bicyclic) bond motifs is 1. The Bertz CT molecular complexity index is 1140. The third kappa shape index (κ3) is 2.79. The van der Waals surface area contributed by atoms with Gasteiger partial charge in [-0.05, 0) is 54.4 Å². The van der Waals surface area contributed by atoms with Crippen LogP contribution in [0, 0.1) is 12.7 Å². The number of aromatic nitrogens is 1. The van der Waals surface area contributed by atoms with E-state index in [1.54, 1.807) is 24.3 Å². The fourth-order valence-electron chi connectivity index (χ4n) is 2.96. The van der Waals surface area contributed by atoms with Crippen molar-refractivity contribution >= 4 is 39.0 Å². The number of thiophene rings is 1. The minimum Gasteiger partial charge on any atom is -0.478 e. The fraction of sp³-hybridized carbons (Fsp3) is 0.0500. The molecule has 130 valence electrons. The van der Waals surface area contributed by atoms with E-state index in [1.807, 2.05) is 19.1 Å². The van der Waals surface area contributed by atoms with E-state index in [0.29, 0.717) is 10.4 Å². The Kier molecular flexibility index (Phi) is 4.05. The molecule has 2 heterocycles. The average molecular weight is 386 g/mol. The molecule has 4 aromatic rings. The summed E-state index contributed by atoms with van der Waals surface area (Å²) < 4.78 is 14.7. The number of halogens is 2. The minimum atomic E-state index is -0.955. The van der Waals surface area contributed by atoms with Crippen LogP contribution in [-0.2, 0) is 0 Å². The van der Waals surface area contributed by atoms with Crippen molar-refractivity contribution in [2.45, 2.75) is 6.92 Å². The van der Waals surface area contributed by atoms with Gasteiger partial charge in [0.15, 0.2) is 0 Å². The maximum absolute atomic E-state index is 13.7. The van der Waals surface area contributed by atoms with Crippen LogP contribution in [0.4, 0.5) is 4.39 Å². The molecule has 0 aliphatic rings. The summed E-state index contributed by atoms with van der Waals surface area (Å²) in [4.78, 5) is 15.1. The lowest BCUT2D eigenvalue weighted by atomic mass is 10.1. The third-order valence-corrected chi connectivity index (χ3v) is 6.13. The van der Waals surface area contributed by atoms with Crippen LogP contribution in [0.3, 0.4) is 0 Å². The van der Waals surface area contributed by atoms with E-state index in [4.69, 9.17) is 16.7 Å². The van der Waals surface area contributed by atoms with Crippen LogP contribution >= 0.6 is 22.9 Å². The summed E-state index contributed by atoms with van der Waals surface area (Å²) in [6.07, 6.45) is 0. The highest BCUT2D eigenvalue weighted by atomic mass is 35.5. The molecule has 0 radical (unpaired) electrons. The van der Waals surface area contributed by atoms with Crippen molar-refractivity contribution in [3.8, 4) is 21.8 Å². The van der Waals surface area contributed by atoms with Gasteiger partial charge < -0.3 is 10.1 Å². The Morgan fingerprint density at radius 1 is 1.12 bits per heavy atom. The van der Waals surface area contributed by atoms with Crippen LogP contribution in [0.1, 0.15) is 15.9 Å². The quantitative estimate of drug-likeness (QED) is 0.431. The summed E-state index contributed by atoms with van der Waals surface area (Å²) in [5.74, 6) is -1.25. The van der Waals surface area contributed by atoms with E-state index in [0.717, 1.165) is 32.1 Å². The molecule has 0 spiro atoms. The monoisotopic (exact) mass is 385 g/mol. The average Bonchev–Trinajstić information content (AvgIpc) is 3.21. The van der Waals surface area contributed by atoms with Crippen LogP contribution in [0.5, 0.6) is 0 Å². The summed E-state index contributed by atoms with van der Waals surface area (Å²) in [5.41, 5.74) is 3.67. The second-order valence-electron chi connectivity index (χ2n) is 6.01. The molecular weight excluding hydrogens is 373 g/mol. The van der Waals surface area contributed by atoms with Crippen molar-refractivity contribution in [2.24, 2.45) is 0 Å². The molecule has 0 bridgehead atoms. The van der Waals surface area contributed by atoms with Crippen molar-refractivity contribution in [3.05, 3.63) is 70.5 Å². The zero-order valence-electron chi connectivity index (χ0n) is 13.6. The number of benzene rings is 2. The van der Waals surface area contributed by atoms with Gasteiger partial charge in [-0.2, -0.15) is 0 Å². The van der Waals surface area contributed by atoms with Crippen molar-refractivity contribution in [3.63, 3.8) is 0 Å². The van der Waals surface area contributed by atoms with E-state index in [9.17, 15) is 9.18 Å². The van der Waals surface area contributed by atoms with E-state index in [-0.39, 0.29) is 11.4 Å². The summed E-state index contributed by atoms with van der Waals surface area (Å²) in [6.45, 7) is 1.87. The van der Waals surface area contributed by atoms with Gasteiger partial charge in [-0.15, -0.1) is 11.3 Å². The number of hydrogen-bond donors (Lipinski definition) is 2. The summed E-state index contributed by atoms with van der Waals surface area (Å²) in [6, 6.07) is 13.4. The lowest BCUT2D eigenvalue weighted by Crippen LogP contribution is -1.94. The first-order valence-corrected chi connectivity index (χ1v) is 9.05. The predicted octanol–water partition coefficient (Wildman–Crippen LogP) is 6.36. The Balaban J connectivity index is 1.76. The summed E-state index contributed by atoms with van der Waals surface area (Å²) in [7, 11) is 0. The number of aromatic carboxylic acids is 1. The number of aryl methyl sites for hydroxylation is 1. The molecular formula is C20H13ClFNO2S. The molecule has 26 heavy (non-hydrogen) atoms. The van der Waals surface area contributed by atoms with Gasteiger partial charge in [-0.3, -0.25) is 0 Å². The van der Waals surface area contributed by atoms with Gasteiger partial charge in [0.2, 0.25) is 0 Å². The van der Waals surface area contributed by atoms with Crippen LogP contribution in [-0.4, -0.2) is 16.1 Å². The van der Waals surface area contributed by atoms with Crippen LogP contribution in [0.2, 0.25) is 5.02 Å². The van der Waals surface area contributed by atoms with Crippen molar-refractivity contribution < 1.29 is 14.3 Å². The van der Waals surface area contributed by atoms with E-state index in [2.05, 4.69) is 4.98 Å². The Morgan fingerprint density at radius 2 is 1.81 bits per heavy atom. The number of hydrogen-bond acceptors (Lipinski definition) is 2. The number of carbonyl (C=O) groups is 1. The second kappa shape index (κ2) is 6.27. The first-order valence-electron chi connectivity index (χ1n) is 7.85. The molecule has 0 saturated carbocycles. The largest absolute Gasteiger partial charge is 0.478 e. The molecule has 2 N–H and O–H groups in total. The molecule has 2 aromatic carbocycles. The third-order valence-electron chi connectivity index (χ3n) is 4.25. The minimum absolute atomic E-state index is 0.241. The van der Waals surface area contributed by atoms with Gasteiger partial charge in [-0.1, -0.05) is 23.7 Å². The topological polar surface area (TPSA) is 53.1 Å². The summed E-state index contributed by atoms with van der Waals surface area (Å²) >= 11 is 8.02. The Labute approximate surface area is 157 Å². The molecule has 4 rings (SSSR count). The normalized spacial score (nSPS) is 11.2. The number of aromatic amines is 1. The molecule has 6 heteroatoms. The summed E-state index contributed by atoms with van der Waals surface area (Å²) in [5, 5.41) is 10.2. The number of rotatable bonds is 3. The van der Waals surface area contributed by atoms with Crippen LogP contribution in [0.25, 0.3) is 31.9 Å². The molecule has 3 nitrogen and oxygen atoms in total. The smallest absolute Gasteiger partial charge is 0.335 e. The number of carboxylic acid groups (broad SMARTS) is 1. The molecule has 0 aliphatic heterocycles. The van der Waals surface area contributed by atoms with E-state index >= 15 is 0 Å². The lowest BCUT2D eigenvalue weighted by molar-refractivity contribution is 0.0697. The SMILES string of the molecule is Cc1cc(F)cc2c(Cl)c(-c3ccc(-c4ccc(C(=O)O)cc4)[nH]3)sc12. The van der Waals surface area contributed by atoms with Crippen molar-refractivity contribution in [1.82, 2.24) is 4.98 Å². The highest BCUT2D eigenvalue weighted by Crippen LogP contribution is 2.43. The maximum Gasteiger partial charge on any atom is 0.335 e. The van der Waals surface area contributed by atoms with E-state index in [1.165, 1.54) is 23.5 Å². The Morgan fingerprint density at radius 3 is 2.50 bits per heavy atom. The van der Waals surface area contributed by atoms with Gasteiger partial charge in [0, 0.05) is 15.8 Å². The molecule has 0 unspecified atom stereocenters. The lowest BCUT2D eigenvalue weighted by Gasteiger charge is -2.00. The standard InChI is InChI=1S/C20H13ClFNO2S/c1-10-8-13(22)9-14-17(21)19(26-18(10)14)16-7-6-15(23-16)11-2-4-12(5-3-11)20(24)25/h2-9,23H,1H3,(H,24,25). The van der Waals surface area contributed by atoms with Gasteiger partial charge in [-0.25, -0.2) is 9.18 Å². The van der Waals surface area contributed by atoms with Gasteiger partial charge >= 0.3 is 5.97 Å². The van der Waals surface area contributed by atoms with Crippen LogP contribution < -0.4 is 0 Å². The Hall–Kier alpha value is -2.63. The molecule has 0 saturated heterocycles. The molecule has 0 aliphatic carbocycles.